The zero-order valence-corrected chi connectivity index (χ0v) is 25.2. The number of rotatable bonds is 2. The molecular formula is C38H16F6N6. The fraction of sp³-hybridized carbons (Fsp3) is 0.105. The quantitative estimate of drug-likeness (QED) is 0.155. The van der Waals surface area contributed by atoms with Crippen LogP contribution in [0, 0.1) is 45.3 Å². The molecule has 0 aliphatic heterocycles. The number of pyridine rings is 2. The number of hydrogen-bond acceptors (Lipinski definition) is 6. The van der Waals surface area contributed by atoms with Gasteiger partial charge in [-0.3, -0.25) is 9.97 Å². The lowest BCUT2D eigenvalue weighted by Gasteiger charge is -2.22. The molecule has 50 heavy (non-hydrogen) atoms. The Morgan fingerprint density at radius 1 is 0.600 bits per heavy atom. The standard InChI is InChI=1S/C38H16F6N6/c39-37(40,41)33-11-21(5-7-49-33)19-1-3-25-27-13-32-28(14-31(27)35(29(25)9-19)23(15-45)16-46)26-4-2-20(10-30(26)36(32)24(17-47)18-48)22-6-8-50-34(12-22)38(42,43)44/h1-13,28H,14H2. The summed E-state index contributed by atoms with van der Waals surface area (Å²) < 4.78 is 80.7. The summed E-state index contributed by atoms with van der Waals surface area (Å²) >= 11 is 0. The zero-order valence-electron chi connectivity index (χ0n) is 25.2. The Kier molecular flexibility index (Phi) is 7.28. The second-order valence-electron chi connectivity index (χ2n) is 11.6. The van der Waals surface area contributed by atoms with Gasteiger partial charge in [-0.05, 0) is 110 Å². The van der Waals surface area contributed by atoms with Crippen LogP contribution in [-0.4, -0.2) is 9.97 Å². The summed E-state index contributed by atoms with van der Waals surface area (Å²) in [6.45, 7) is 0. The van der Waals surface area contributed by atoms with Crippen molar-refractivity contribution in [2.45, 2.75) is 24.7 Å². The van der Waals surface area contributed by atoms with Crippen molar-refractivity contribution in [3.8, 4) is 46.5 Å². The van der Waals surface area contributed by atoms with Crippen molar-refractivity contribution in [1.29, 1.82) is 21.0 Å². The first-order valence-electron chi connectivity index (χ1n) is 14.8. The third-order valence-electron chi connectivity index (χ3n) is 8.99. The van der Waals surface area contributed by atoms with E-state index in [0.717, 1.165) is 24.5 Å². The van der Waals surface area contributed by atoms with E-state index in [-0.39, 0.29) is 28.7 Å². The number of nitriles is 4. The van der Waals surface area contributed by atoms with Crippen molar-refractivity contribution in [1.82, 2.24) is 9.97 Å². The van der Waals surface area contributed by atoms with Gasteiger partial charge in [-0.1, -0.05) is 24.3 Å². The van der Waals surface area contributed by atoms with E-state index >= 15 is 0 Å². The highest BCUT2D eigenvalue weighted by Crippen LogP contribution is 2.59. The van der Waals surface area contributed by atoms with E-state index in [4.69, 9.17) is 0 Å². The molecule has 7 rings (SSSR count). The van der Waals surface area contributed by atoms with Gasteiger partial charge in [-0.2, -0.15) is 47.4 Å². The van der Waals surface area contributed by atoms with Crippen molar-refractivity contribution in [3.05, 3.63) is 135 Å². The first-order chi connectivity index (χ1) is 23.9. The van der Waals surface area contributed by atoms with Gasteiger partial charge >= 0.3 is 12.4 Å². The van der Waals surface area contributed by atoms with Gasteiger partial charge in [-0.15, -0.1) is 0 Å². The van der Waals surface area contributed by atoms with E-state index in [1.807, 2.05) is 24.3 Å². The molecule has 1 atom stereocenters. The summed E-state index contributed by atoms with van der Waals surface area (Å²) in [5, 5.41) is 40.0. The van der Waals surface area contributed by atoms with Gasteiger partial charge in [0.25, 0.3) is 0 Å². The average molecular weight is 671 g/mol. The first-order valence-corrected chi connectivity index (χ1v) is 14.8. The fourth-order valence-corrected chi connectivity index (χ4v) is 6.88. The molecule has 0 amide bonds. The molecule has 0 saturated heterocycles. The van der Waals surface area contributed by atoms with Crippen LogP contribution in [0.5, 0.6) is 0 Å². The van der Waals surface area contributed by atoms with Crippen molar-refractivity contribution in [3.63, 3.8) is 0 Å². The van der Waals surface area contributed by atoms with Crippen molar-refractivity contribution in [2.24, 2.45) is 0 Å². The second-order valence-corrected chi connectivity index (χ2v) is 11.6. The normalized spacial score (nSPS) is 15.8. The lowest BCUT2D eigenvalue weighted by Crippen LogP contribution is -2.07. The third-order valence-corrected chi connectivity index (χ3v) is 8.99. The Labute approximate surface area is 280 Å². The Morgan fingerprint density at radius 3 is 1.64 bits per heavy atom. The molecule has 12 heteroatoms. The SMILES string of the molecule is N#CC(C#N)=C1C2=C(C=C3C(=C(C#N)C#N)c4cc(-c5ccnc(C(F)(F)F)c5)ccc4C3C2)c2ccc(-c3ccnc(C(F)(F)F)c3)cc21. The maximum absolute atomic E-state index is 13.4. The summed E-state index contributed by atoms with van der Waals surface area (Å²) in [7, 11) is 0. The van der Waals surface area contributed by atoms with Crippen LogP contribution in [-0.2, 0) is 12.4 Å². The molecule has 0 radical (unpaired) electrons. The number of halogens is 6. The van der Waals surface area contributed by atoms with Crippen LogP contribution in [0.15, 0.2) is 101 Å². The predicted octanol–water partition coefficient (Wildman–Crippen LogP) is 9.34. The van der Waals surface area contributed by atoms with E-state index in [0.29, 0.717) is 61.2 Å². The van der Waals surface area contributed by atoms with E-state index in [1.165, 1.54) is 12.1 Å². The van der Waals surface area contributed by atoms with Crippen LogP contribution in [0.1, 0.15) is 46.0 Å². The molecule has 0 spiro atoms. The summed E-state index contributed by atoms with van der Waals surface area (Å²) in [5.41, 5.74) is 3.45. The molecule has 0 N–H and O–H groups in total. The van der Waals surface area contributed by atoms with Crippen LogP contribution >= 0.6 is 0 Å². The summed E-state index contributed by atoms with van der Waals surface area (Å²) in [5.74, 6) is -0.454. The highest BCUT2D eigenvalue weighted by Gasteiger charge is 2.42. The molecule has 0 fully saturated rings. The average Bonchev–Trinajstić information content (AvgIpc) is 3.59. The number of benzene rings is 2. The lowest BCUT2D eigenvalue weighted by molar-refractivity contribution is -0.141. The fourth-order valence-electron chi connectivity index (χ4n) is 6.88. The Morgan fingerprint density at radius 2 is 1.10 bits per heavy atom. The predicted molar refractivity (Wildman–Crippen MR) is 168 cm³/mol. The molecule has 0 saturated carbocycles. The molecule has 2 aromatic heterocycles. The maximum Gasteiger partial charge on any atom is 0.433 e. The highest BCUT2D eigenvalue weighted by molar-refractivity contribution is 6.09. The van der Waals surface area contributed by atoms with Crippen molar-refractivity contribution >= 4 is 16.7 Å². The topological polar surface area (TPSA) is 121 Å². The van der Waals surface area contributed by atoms with E-state index in [1.54, 1.807) is 42.5 Å². The summed E-state index contributed by atoms with van der Waals surface area (Å²) in [4.78, 5) is 6.85. The van der Waals surface area contributed by atoms with Gasteiger partial charge in [0.2, 0.25) is 0 Å². The molecule has 3 aliphatic rings. The zero-order chi connectivity index (χ0) is 35.5. The molecule has 4 aromatic rings. The summed E-state index contributed by atoms with van der Waals surface area (Å²) in [6, 6.07) is 22.4. The Balaban J connectivity index is 1.40. The molecule has 1 unspecified atom stereocenters. The molecular weight excluding hydrogens is 654 g/mol. The van der Waals surface area contributed by atoms with Gasteiger partial charge < -0.3 is 0 Å². The smallest absolute Gasteiger partial charge is 0.252 e. The van der Waals surface area contributed by atoms with Crippen molar-refractivity contribution < 1.29 is 26.3 Å². The molecule has 240 valence electrons. The van der Waals surface area contributed by atoms with Gasteiger partial charge in [0.1, 0.15) is 46.8 Å². The monoisotopic (exact) mass is 670 g/mol. The molecule has 2 aromatic carbocycles. The number of fused-ring (bicyclic) bond motifs is 5. The number of hydrogen-bond donors (Lipinski definition) is 0. The van der Waals surface area contributed by atoms with E-state index in [2.05, 4.69) is 9.97 Å². The number of aromatic nitrogens is 2. The van der Waals surface area contributed by atoms with Crippen molar-refractivity contribution in [2.75, 3.05) is 0 Å². The molecule has 0 bridgehead atoms. The van der Waals surface area contributed by atoms with Crippen LogP contribution in [0.2, 0.25) is 0 Å². The van der Waals surface area contributed by atoms with E-state index < -0.39 is 29.7 Å². The number of allylic oxidation sites excluding steroid dienone is 8. The van der Waals surface area contributed by atoms with Crippen LogP contribution in [0.25, 0.3) is 39.0 Å². The van der Waals surface area contributed by atoms with Gasteiger partial charge in [-0.25, -0.2) is 0 Å². The van der Waals surface area contributed by atoms with Gasteiger partial charge in [0.05, 0.1) is 0 Å². The third kappa shape index (κ3) is 5.03. The van der Waals surface area contributed by atoms with Crippen LogP contribution < -0.4 is 0 Å². The molecule has 2 heterocycles. The van der Waals surface area contributed by atoms with Gasteiger partial charge in [0.15, 0.2) is 0 Å². The highest BCUT2D eigenvalue weighted by atomic mass is 19.4. The minimum absolute atomic E-state index is 0.201. The minimum atomic E-state index is -4.67. The Bertz CT molecular complexity index is 2450. The van der Waals surface area contributed by atoms with Crippen LogP contribution in [0.4, 0.5) is 26.3 Å². The van der Waals surface area contributed by atoms with Crippen LogP contribution in [0.3, 0.4) is 0 Å². The molecule has 6 nitrogen and oxygen atoms in total. The molecule has 3 aliphatic carbocycles. The number of nitrogens with zero attached hydrogens (tertiary/aromatic N) is 6. The largest absolute Gasteiger partial charge is 0.433 e. The first kappa shape index (κ1) is 31.8. The minimum Gasteiger partial charge on any atom is -0.252 e. The second kappa shape index (κ2) is 11.4. The summed E-state index contributed by atoms with van der Waals surface area (Å²) in [6.07, 6.45) is -5.22. The number of alkyl halides is 6. The van der Waals surface area contributed by atoms with Gasteiger partial charge in [0, 0.05) is 29.5 Å². The Hall–Kier alpha value is -6.76. The maximum atomic E-state index is 13.4. The van der Waals surface area contributed by atoms with E-state index in [9.17, 15) is 47.4 Å². The lowest BCUT2D eigenvalue weighted by atomic mass is 9.80.